The van der Waals surface area contributed by atoms with Gasteiger partial charge in [-0.25, -0.2) is 8.42 Å². The van der Waals surface area contributed by atoms with Crippen LogP contribution in [0.25, 0.3) is 0 Å². The minimum Gasteiger partial charge on any atom is -0.207 e. The third kappa shape index (κ3) is 3.23. The van der Waals surface area contributed by atoms with Crippen LogP contribution in [0.5, 0.6) is 0 Å². The molecule has 0 amide bonds. The van der Waals surface area contributed by atoms with E-state index < -0.39 is 10.0 Å². The lowest BCUT2D eigenvalue weighted by Gasteiger charge is -2.24. The van der Waals surface area contributed by atoms with Crippen molar-refractivity contribution in [2.24, 2.45) is 0 Å². The molecule has 1 aliphatic heterocycles. The Kier molecular flexibility index (Phi) is 5.54. The van der Waals surface area contributed by atoms with Crippen molar-refractivity contribution in [1.82, 2.24) is 4.31 Å². The molecule has 0 aromatic heterocycles. The molecule has 0 saturated carbocycles. The van der Waals surface area contributed by atoms with E-state index in [1.54, 1.807) is 18.8 Å². The quantitative estimate of drug-likeness (QED) is 0.751. The fourth-order valence-corrected chi connectivity index (χ4v) is 5.90. The van der Waals surface area contributed by atoms with E-state index >= 15 is 0 Å². The van der Waals surface area contributed by atoms with Crippen LogP contribution in [-0.2, 0) is 15.9 Å². The van der Waals surface area contributed by atoms with Crippen molar-refractivity contribution in [2.45, 2.75) is 23.2 Å². The molecule has 0 bridgehead atoms. The van der Waals surface area contributed by atoms with E-state index in [0.717, 1.165) is 17.9 Å². The lowest BCUT2D eigenvalue weighted by Crippen LogP contribution is -2.37. The normalized spacial score (nSPS) is 19.8. The Balaban J connectivity index is 2.43. The van der Waals surface area contributed by atoms with Gasteiger partial charge in [-0.2, -0.15) is 16.1 Å². The van der Waals surface area contributed by atoms with Gasteiger partial charge in [0.15, 0.2) is 0 Å². The van der Waals surface area contributed by atoms with Gasteiger partial charge < -0.3 is 0 Å². The van der Waals surface area contributed by atoms with E-state index in [2.05, 4.69) is 0 Å². The highest BCUT2D eigenvalue weighted by Gasteiger charge is 2.32. The van der Waals surface area contributed by atoms with Gasteiger partial charge in [0, 0.05) is 29.7 Å². The van der Waals surface area contributed by atoms with Gasteiger partial charge in [-0.1, -0.05) is 23.2 Å². The number of rotatable bonds is 4. The van der Waals surface area contributed by atoms with Gasteiger partial charge in [0.2, 0.25) is 10.0 Å². The molecule has 1 saturated heterocycles. The zero-order chi connectivity index (χ0) is 14.9. The number of alkyl halides is 1. The first-order valence-corrected chi connectivity index (χ1v) is 9.86. The summed E-state index contributed by atoms with van der Waals surface area (Å²) in [6, 6.07) is 2.91. The van der Waals surface area contributed by atoms with Gasteiger partial charge >= 0.3 is 0 Å². The number of hydrogen-bond donors (Lipinski definition) is 0. The molecule has 0 aliphatic carbocycles. The third-order valence-electron chi connectivity index (χ3n) is 3.32. The van der Waals surface area contributed by atoms with E-state index in [-0.39, 0.29) is 21.8 Å². The Hall–Kier alpha value is 0.350. The number of sulfonamides is 1. The molecule has 112 valence electrons. The van der Waals surface area contributed by atoms with Crippen LogP contribution in [0, 0.1) is 0 Å². The highest BCUT2D eigenvalue weighted by atomic mass is 35.5. The zero-order valence-electron chi connectivity index (χ0n) is 10.8. The molecule has 1 heterocycles. The fraction of sp³-hybridized carbons (Fsp3) is 0.500. The average molecular weight is 375 g/mol. The molecule has 1 aromatic rings. The Labute approximate surface area is 138 Å². The highest BCUT2D eigenvalue weighted by Crippen LogP contribution is 2.33. The molecule has 8 heteroatoms. The Morgan fingerprint density at radius 1 is 1.35 bits per heavy atom. The highest BCUT2D eigenvalue weighted by molar-refractivity contribution is 7.99. The van der Waals surface area contributed by atoms with E-state index in [4.69, 9.17) is 34.8 Å². The molecule has 0 radical (unpaired) electrons. The molecule has 1 atom stereocenters. The van der Waals surface area contributed by atoms with Gasteiger partial charge in [0.1, 0.15) is 4.90 Å². The number of halogens is 3. The fourth-order valence-electron chi connectivity index (χ4n) is 2.03. The van der Waals surface area contributed by atoms with Crippen molar-refractivity contribution < 1.29 is 8.42 Å². The van der Waals surface area contributed by atoms with E-state index in [0.29, 0.717) is 10.6 Å². The minimum atomic E-state index is -3.63. The smallest absolute Gasteiger partial charge is 0.207 e. The van der Waals surface area contributed by atoms with Crippen LogP contribution in [0.3, 0.4) is 0 Å². The number of hydrogen-bond acceptors (Lipinski definition) is 3. The van der Waals surface area contributed by atoms with Gasteiger partial charge in [-0.3, -0.25) is 0 Å². The van der Waals surface area contributed by atoms with Crippen LogP contribution in [-0.4, -0.2) is 37.3 Å². The first-order valence-electron chi connectivity index (χ1n) is 5.97. The molecule has 3 nitrogen and oxygen atoms in total. The van der Waals surface area contributed by atoms with Crippen molar-refractivity contribution >= 4 is 56.6 Å². The maximum absolute atomic E-state index is 12.7. The van der Waals surface area contributed by atoms with Crippen LogP contribution in [0.1, 0.15) is 12.0 Å². The van der Waals surface area contributed by atoms with Crippen molar-refractivity contribution in [1.29, 1.82) is 0 Å². The Morgan fingerprint density at radius 3 is 2.60 bits per heavy atom. The maximum atomic E-state index is 12.7. The first-order chi connectivity index (χ1) is 9.37. The number of thioether (sulfide) groups is 1. The summed E-state index contributed by atoms with van der Waals surface area (Å²) in [4.78, 5) is 0.0682. The van der Waals surface area contributed by atoms with Crippen LogP contribution in [0.15, 0.2) is 17.0 Å². The van der Waals surface area contributed by atoms with Gasteiger partial charge in [0.25, 0.3) is 0 Å². The Morgan fingerprint density at radius 2 is 2.05 bits per heavy atom. The Bertz CT molecular complexity index is 601. The second-order valence-electron chi connectivity index (χ2n) is 4.55. The van der Waals surface area contributed by atoms with Gasteiger partial charge in [-0.05, 0) is 29.9 Å². The first kappa shape index (κ1) is 16.7. The largest absolute Gasteiger partial charge is 0.244 e. The van der Waals surface area contributed by atoms with E-state index in [1.165, 1.54) is 16.4 Å². The second kappa shape index (κ2) is 6.63. The van der Waals surface area contributed by atoms with Crippen LogP contribution >= 0.6 is 46.6 Å². The van der Waals surface area contributed by atoms with Gasteiger partial charge in [-0.15, -0.1) is 11.6 Å². The predicted octanol–water partition coefficient (Wildman–Crippen LogP) is 3.86. The molecular weight excluding hydrogens is 361 g/mol. The third-order valence-corrected chi connectivity index (χ3v) is 7.48. The molecular formula is C12H14Cl3NO2S2. The lowest BCUT2D eigenvalue weighted by atomic mass is 10.2. The summed E-state index contributed by atoms with van der Waals surface area (Å²) in [6.07, 6.45) is 0.855. The summed E-state index contributed by atoms with van der Waals surface area (Å²) in [7, 11) is -2.04. The van der Waals surface area contributed by atoms with Crippen molar-refractivity contribution in [3.63, 3.8) is 0 Å². The summed E-state index contributed by atoms with van der Waals surface area (Å²) in [5.74, 6) is 1.93. The van der Waals surface area contributed by atoms with Crippen LogP contribution < -0.4 is 0 Å². The maximum Gasteiger partial charge on any atom is 0.244 e. The average Bonchev–Trinajstić information content (AvgIpc) is 2.91. The standard InChI is InChI=1S/C12H14Cl3NO2S2/c1-16(9-2-3-19-7-9)20(17,18)12-4-8(6-13)10(14)5-11(12)15/h4-5,9H,2-3,6-7H2,1H3. The predicted molar refractivity (Wildman–Crippen MR) is 86.7 cm³/mol. The van der Waals surface area contributed by atoms with Crippen LogP contribution in [0.2, 0.25) is 10.0 Å². The van der Waals surface area contributed by atoms with Crippen molar-refractivity contribution in [3.8, 4) is 0 Å². The monoisotopic (exact) mass is 373 g/mol. The second-order valence-corrected chi connectivity index (χ2v) is 8.74. The molecule has 2 rings (SSSR count). The van der Waals surface area contributed by atoms with Crippen molar-refractivity contribution in [3.05, 3.63) is 27.7 Å². The summed E-state index contributed by atoms with van der Waals surface area (Å²) in [5, 5.41) is 0.504. The van der Waals surface area contributed by atoms with E-state index in [1.807, 2.05) is 0 Å². The molecule has 0 spiro atoms. The molecule has 0 N–H and O–H groups in total. The zero-order valence-corrected chi connectivity index (χ0v) is 14.7. The molecule has 1 aliphatic rings. The molecule has 1 aromatic carbocycles. The molecule has 20 heavy (non-hydrogen) atoms. The topological polar surface area (TPSA) is 37.4 Å². The summed E-state index contributed by atoms with van der Waals surface area (Å²) < 4.78 is 26.7. The summed E-state index contributed by atoms with van der Waals surface area (Å²) in [5.41, 5.74) is 0.561. The number of benzene rings is 1. The SMILES string of the molecule is CN(C1CCSC1)S(=O)(=O)c1cc(CCl)c(Cl)cc1Cl. The molecule has 1 unspecified atom stereocenters. The number of nitrogens with zero attached hydrogens (tertiary/aromatic N) is 1. The minimum absolute atomic E-state index is 0.0104. The van der Waals surface area contributed by atoms with E-state index in [9.17, 15) is 8.42 Å². The summed E-state index contributed by atoms with van der Waals surface area (Å²) >= 11 is 19.6. The van der Waals surface area contributed by atoms with Gasteiger partial charge in [0.05, 0.1) is 5.02 Å². The van der Waals surface area contributed by atoms with Crippen LogP contribution in [0.4, 0.5) is 0 Å². The van der Waals surface area contributed by atoms with Crippen molar-refractivity contribution in [2.75, 3.05) is 18.6 Å². The molecule has 1 fully saturated rings. The summed E-state index contributed by atoms with van der Waals surface area (Å²) in [6.45, 7) is 0. The lowest BCUT2D eigenvalue weighted by molar-refractivity contribution is 0.394.